The van der Waals surface area contributed by atoms with E-state index in [9.17, 15) is 9.59 Å². The Balaban J connectivity index is 2.76. The first-order valence-electron chi connectivity index (χ1n) is 3.94. The Hall–Kier alpha value is -2.11. The van der Waals surface area contributed by atoms with Crippen molar-refractivity contribution < 1.29 is 4.79 Å². The molecule has 0 spiro atoms. The molecule has 6 nitrogen and oxygen atoms in total. The molecular weight excluding hydrogens is 184 g/mol. The van der Waals surface area contributed by atoms with Gasteiger partial charge in [0.15, 0.2) is 5.78 Å². The minimum Gasteiger partial charge on any atom is -0.294 e. The van der Waals surface area contributed by atoms with E-state index in [0.29, 0.717) is 0 Å². The first kappa shape index (κ1) is 8.49. The number of nitrogens with one attached hydrogen (secondary N) is 2. The van der Waals surface area contributed by atoms with Crippen molar-refractivity contribution in [2.45, 2.75) is 6.42 Å². The Kier molecular flexibility index (Phi) is 1.81. The Bertz CT molecular complexity index is 501. The van der Waals surface area contributed by atoms with E-state index in [0.717, 1.165) is 0 Å². The topological polar surface area (TPSA) is 99.0 Å². The van der Waals surface area contributed by atoms with E-state index in [-0.39, 0.29) is 29.4 Å². The summed E-state index contributed by atoms with van der Waals surface area (Å²) in [5, 5.41) is 3.00. The summed E-state index contributed by atoms with van der Waals surface area (Å²) < 4.78 is 0. The standard InChI is InChI=1S/C8H6N4O2/c9-12-8-10-4-2-1-3-5(13)6(4)7(14)11-8/h1-2,9H,3H2,(H,10,11,14). The van der Waals surface area contributed by atoms with Gasteiger partial charge in [-0.2, -0.15) is 0 Å². The zero-order valence-corrected chi connectivity index (χ0v) is 7.07. The summed E-state index contributed by atoms with van der Waals surface area (Å²) in [6, 6.07) is 0. The summed E-state index contributed by atoms with van der Waals surface area (Å²) in [5.41, 5.74) is 6.50. The Morgan fingerprint density at radius 3 is 3.00 bits per heavy atom. The molecule has 0 fully saturated rings. The molecule has 2 rings (SSSR count). The molecule has 0 saturated heterocycles. The van der Waals surface area contributed by atoms with Crippen molar-refractivity contribution in [3.05, 3.63) is 27.7 Å². The number of carbonyl (C=O) groups excluding carboxylic acids is 1. The number of hydrogen-bond acceptors (Lipinski definition) is 5. The number of allylic oxidation sites excluding steroid dienone is 1. The van der Waals surface area contributed by atoms with E-state index in [1.807, 2.05) is 0 Å². The third kappa shape index (κ3) is 1.17. The lowest BCUT2D eigenvalue weighted by atomic mass is 10.0. The molecule has 6 heteroatoms. The fraction of sp³-hybridized carbons (Fsp3) is 0.125. The molecule has 1 aromatic heterocycles. The van der Waals surface area contributed by atoms with Crippen LogP contribution in [0.4, 0.5) is 5.95 Å². The fourth-order valence-corrected chi connectivity index (χ4v) is 1.30. The van der Waals surface area contributed by atoms with Crippen LogP contribution >= 0.6 is 0 Å². The maximum Gasteiger partial charge on any atom is 0.263 e. The molecule has 14 heavy (non-hydrogen) atoms. The van der Waals surface area contributed by atoms with E-state index in [1.165, 1.54) is 0 Å². The monoisotopic (exact) mass is 190 g/mol. The summed E-state index contributed by atoms with van der Waals surface area (Å²) in [6.07, 6.45) is 3.43. The van der Waals surface area contributed by atoms with E-state index < -0.39 is 5.56 Å². The number of H-pyrrole nitrogens is 1. The van der Waals surface area contributed by atoms with Crippen LogP contribution in [0.1, 0.15) is 22.5 Å². The second-order valence-electron chi connectivity index (χ2n) is 2.79. The second kappa shape index (κ2) is 2.99. The predicted octanol–water partition coefficient (Wildman–Crippen LogP) is 1.03. The van der Waals surface area contributed by atoms with Crippen LogP contribution in [-0.2, 0) is 0 Å². The second-order valence-corrected chi connectivity index (χ2v) is 2.79. The minimum absolute atomic E-state index is 0.0555. The number of rotatable bonds is 1. The largest absolute Gasteiger partial charge is 0.294 e. The lowest BCUT2D eigenvalue weighted by Crippen LogP contribution is -2.22. The number of Topliss-reactive ketones (excluding diaryl/α,β-unsaturated/α-hetero) is 1. The first-order chi connectivity index (χ1) is 6.72. The molecule has 0 atom stereocenters. The number of aromatic nitrogens is 2. The quantitative estimate of drug-likeness (QED) is 0.647. The summed E-state index contributed by atoms with van der Waals surface area (Å²) >= 11 is 0. The van der Waals surface area contributed by atoms with Gasteiger partial charge in [-0.05, 0) is 6.08 Å². The van der Waals surface area contributed by atoms with Gasteiger partial charge in [0.25, 0.3) is 5.56 Å². The highest BCUT2D eigenvalue weighted by molar-refractivity contribution is 6.01. The summed E-state index contributed by atoms with van der Waals surface area (Å²) in [6.45, 7) is 0. The molecule has 1 heterocycles. The predicted molar refractivity (Wildman–Crippen MR) is 47.6 cm³/mol. The van der Waals surface area contributed by atoms with Gasteiger partial charge in [-0.15, -0.1) is 5.11 Å². The van der Waals surface area contributed by atoms with Crippen LogP contribution in [0.3, 0.4) is 0 Å². The molecule has 1 aromatic rings. The summed E-state index contributed by atoms with van der Waals surface area (Å²) in [5.74, 6) is -0.346. The number of ketones is 1. The van der Waals surface area contributed by atoms with Crippen molar-refractivity contribution in [2.75, 3.05) is 0 Å². The molecule has 1 aliphatic rings. The average molecular weight is 190 g/mol. The maximum atomic E-state index is 11.4. The Morgan fingerprint density at radius 1 is 1.50 bits per heavy atom. The zero-order chi connectivity index (χ0) is 10.1. The molecule has 2 N–H and O–H groups in total. The molecule has 0 saturated carbocycles. The highest BCUT2D eigenvalue weighted by atomic mass is 16.1. The highest BCUT2D eigenvalue weighted by Gasteiger charge is 2.19. The molecule has 0 aromatic carbocycles. The van der Waals surface area contributed by atoms with Gasteiger partial charge in [-0.25, -0.2) is 10.5 Å². The van der Waals surface area contributed by atoms with E-state index >= 15 is 0 Å². The lowest BCUT2D eigenvalue weighted by molar-refractivity contribution is 0.0992. The van der Waals surface area contributed by atoms with Crippen molar-refractivity contribution in [3.8, 4) is 0 Å². The van der Waals surface area contributed by atoms with Crippen LogP contribution in [0, 0.1) is 5.53 Å². The normalized spacial score (nSPS) is 13.9. The van der Waals surface area contributed by atoms with Crippen LogP contribution < -0.4 is 5.56 Å². The Labute approximate surface area is 78.2 Å². The van der Waals surface area contributed by atoms with E-state index in [4.69, 9.17) is 5.53 Å². The molecule has 1 aliphatic carbocycles. The van der Waals surface area contributed by atoms with Crippen molar-refractivity contribution in [2.24, 2.45) is 5.11 Å². The molecule has 0 unspecified atom stereocenters. The summed E-state index contributed by atoms with van der Waals surface area (Å²) in [4.78, 5) is 28.7. The number of aromatic amines is 1. The lowest BCUT2D eigenvalue weighted by Gasteiger charge is -2.06. The van der Waals surface area contributed by atoms with Crippen molar-refractivity contribution in [1.82, 2.24) is 9.97 Å². The van der Waals surface area contributed by atoms with Crippen molar-refractivity contribution >= 4 is 17.8 Å². The van der Waals surface area contributed by atoms with Gasteiger partial charge in [-0.3, -0.25) is 14.6 Å². The molecule has 0 aliphatic heterocycles. The highest BCUT2D eigenvalue weighted by Crippen LogP contribution is 2.14. The number of hydrogen-bond donors (Lipinski definition) is 2. The van der Waals surface area contributed by atoms with Gasteiger partial charge in [-0.1, -0.05) is 6.08 Å². The van der Waals surface area contributed by atoms with Crippen LogP contribution in [0.5, 0.6) is 0 Å². The van der Waals surface area contributed by atoms with Gasteiger partial charge in [0.2, 0.25) is 5.95 Å². The number of nitrogens with zero attached hydrogens (tertiary/aromatic N) is 2. The third-order valence-electron chi connectivity index (χ3n) is 1.90. The number of fused-ring (bicyclic) bond motifs is 1. The SMILES string of the molecule is N=Nc1nc2c(c(=O)[nH]1)C(=O)CC=C2. The minimum atomic E-state index is -0.532. The van der Waals surface area contributed by atoms with Crippen LogP contribution in [0.2, 0.25) is 0 Å². The van der Waals surface area contributed by atoms with Crippen LogP contribution in [0.15, 0.2) is 16.0 Å². The van der Waals surface area contributed by atoms with E-state index in [2.05, 4.69) is 15.1 Å². The molecule has 70 valence electrons. The third-order valence-corrected chi connectivity index (χ3v) is 1.90. The Morgan fingerprint density at radius 2 is 2.29 bits per heavy atom. The van der Waals surface area contributed by atoms with E-state index in [1.54, 1.807) is 12.2 Å². The molecule has 0 bridgehead atoms. The molecule has 0 radical (unpaired) electrons. The fourth-order valence-electron chi connectivity index (χ4n) is 1.30. The molecule has 0 amide bonds. The molecular formula is C8H6N4O2. The van der Waals surface area contributed by atoms with Gasteiger partial charge in [0.1, 0.15) is 5.56 Å². The van der Waals surface area contributed by atoms with Gasteiger partial charge in [0, 0.05) is 6.42 Å². The van der Waals surface area contributed by atoms with Gasteiger partial charge in [0.05, 0.1) is 5.69 Å². The van der Waals surface area contributed by atoms with Crippen molar-refractivity contribution in [3.63, 3.8) is 0 Å². The zero-order valence-electron chi connectivity index (χ0n) is 7.07. The first-order valence-corrected chi connectivity index (χ1v) is 3.94. The average Bonchev–Trinajstić information content (AvgIpc) is 2.17. The maximum absolute atomic E-state index is 11.4. The smallest absolute Gasteiger partial charge is 0.263 e. The summed E-state index contributed by atoms with van der Waals surface area (Å²) in [7, 11) is 0. The van der Waals surface area contributed by atoms with Gasteiger partial charge < -0.3 is 0 Å². The van der Waals surface area contributed by atoms with Crippen LogP contribution in [-0.4, -0.2) is 15.8 Å². The van der Waals surface area contributed by atoms with Crippen molar-refractivity contribution in [1.29, 1.82) is 5.53 Å². The number of carbonyl (C=O) groups is 1. The van der Waals surface area contributed by atoms with Crippen LogP contribution in [0.25, 0.3) is 6.08 Å². The van der Waals surface area contributed by atoms with Gasteiger partial charge >= 0.3 is 0 Å².